The summed E-state index contributed by atoms with van der Waals surface area (Å²) in [6.45, 7) is 1.76. The van der Waals surface area contributed by atoms with E-state index in [4.69, 9.17) is 11.6 Å². The van der Waals surface area contributed by atoms with Gasteiger partial charge >= 0.3 is 6.18 Å². The summed E-state index contributed by atoms with van der Waals surface area (Å²) < 4.78 is 38.5. The molecule has 0 aromatic rings. The number of rotatable bonds is 4. The Labute approximate surface area is 110 Å². The third-order valence-electron chi connectivity index (χ3n) is 3.45. The lowest BCUT2D eigenvalue weighted by atomic mass is 9.78. The normalized spacial score (nSPS) is 26.7. The van der Waals surface area contributed by atoms with Gasteiger partial charge in [0, 0.05) is 17.8 Å². The van der Waals surface area contributed by atoms with Crippen molar-refractivity contribution in [3.05, 3.63) is 0 Å². The molecule has 3 atom stereocenters. The highest BCUT2D eigenvalue weighted by molar-refractivity contribution is 6.17. The summed E-state index contributed by atoms with van der Waals surface area (Å²) >= 11 is 5.54. The maximum Gasteiger partial charge on any atom is 0.392 e. The maximum absolute atomic E-state index is 12.8. The van der Waals surface area contributed by atoms with E-state index in [1.54, 1.807) is 6.92 Å². The number of carbonyl (C=O) groups excluding carboxylic acids is 1. The maximum atomic E-state index is 12.8. The monoisotopic (exact) mass is 285 g/mol. The van der Waals surface area contributed by atoms with Gasteiger partial charge < -0.3 is 5.32 Å². The Balaban J connectivity index is 2.63. The lowest BCUT2D eigenvalue weighted by Crippen LogP contribution is -2.45. The van der Waals surface area contributed by atoms with Crippen molar-refractivity contribution in [2.24, 2.45) is 11.8 Å². The van der Waals surface area contributed by atoms with Gasteiger partial charge in [0.2, 0.25) is 5.91 Å². The summed E-state index contributed by atoms with van der Waals surface area (Å²) in [6, 6.07) is -0.175. The van der Waals surface area contributed by atoms with Crippen LogP contribution in [-0.2, 0) is 4.79 Å². The molecule has 1 aliphatic rings. The van der Waals surface area contributed by atoms with Gasteiger partial charge in [0.1, 0.15) is 0 Å². The van der Waals surface area contributed by atoms with E-state index in [1.807, 2.05) is 0 Å². The highest BCUT2D eigenvalue weighted by Crippen LogP contribution is 2.41. The lowest BCUT2D eigenvalue weighted by Gasteiger charge is -2.32. The minimum absolute atomic E-state index is 0.0610. The quantitative estimate of drug-likeness (QED) is 0.787. The summed E-state index contributed by atoms with van der Waals surface area (Å²) in [4.78, 5) is 11.9. The van der Waals surface area contributed by atoms with E-state index in [9.17, 15) is 18.0 Å². The van der Waals surface area contributed by atoms with E-state index < -0.39 is 23.9 Å². The Kier molecular flexibility index (Phi) is 5.76. The molecule has 1 aliphatic carbocycles. The number of halogens is 4. The Morgan fingerprint density at radius 3 is 2.56 bits per heavy atom. The van der Waals surface area contributed by atoms with E-state index in [1.165, 1.54) is 0 Å². The van der Waals surface area contributed by atoms with Crippen LogP contribution in [-0.4, -0.2) is 24.0 Å². The van der Waals surface area contributed by atoms with Crippen LogP contribution in [0.1, 0.15) is 39.0 Å². The first-order valence-electron chi connectivity index (χ1n) is 6.29. The SMILES string of the molecule is CC(CCCl)NC(=O)C1CCCCC1C(F)(F)F. The molecule has 1 saturated carbocycles. The van der Waals surface area contributed by atoms with Gasteiger partial charge in [-0.2, -0.15) is 13.2 Å². The Morgan fingerprint density at radius 1 is 1.39 bits per heavy atom. The van der Waals surface area contributed by atoms with E-state index in [0.717, 1.165) is 0 Å². The van der Waals surface area contributed by atoms with Crippen LogP contribution in [0.15, 0.2) is 0 Å². The van der Waals surface area contributed by atoms with Crippen molar-refractivity contribution in [1.82, 2.24) is 5.32 Å². The zero-order valence-corrected chi connectivity index (χ0v) is 11.2. The van der Waals surface area contributed by atoms with E-state index in [-0.39, 0.29) is 12.5 Å². The molecular formula is C12H19ClF3NO. The molecule has 0 aromatic heterocycles. The molecule has 3 unspecified atom stereocenters. The first-order chi connectivity index (χ1) is 8.36. The molecule has 0 radical (unpaired) electrons. The third-order valence-corrected chi connectivity index (χ3v) is 3.67. The van der Waals surface area contributed by atoms with Crippen LogP contribution in [0, 0.1) is 11.8 Å². The lowest BCUT2D eigenvalue weighted by molar-refractivity contribution is -0.198. The van der Waals surface area contributed by atoms with Crippen molar-refractivity contribution in [2.45, 2.75) is 51.2 Å². The average molecular weight is 286 g/mol. The zero-order chi connectivity index (χ0) is 13.8. The highest BCUT2D eigenvalue weighted by Gasteiger charge is 2.48. The van der Waals surface area contributed by atoms with Crippen molar-refractivity contribution in [3.63, 3.8) is 0 Å². The van der Waals surface area contributed by atoms with Crippen LogP contribution in [0.5, 0.6) is 0 Å². The van der Waals surface area contributed by atoms with Gasteiger partial charge in [-0.25, -0.2) is 0 Å². The van der Waals surface area contributed by atoms with Crippen molar-refractivity contribution in [2.75, 3.05) is 5.88 Å². The Morgan fingerprint density at radius 2 is 2.00 bits per heavy atom. The Hall–Kier alpha value is -0.450. The smallest absolute Gasteiger partial charge is 0.353 e. The third kappa shape index (κ3) is 4.34. The molecule has 2 nitrogen and oxygen atoms in total. The van der Waals surface area contributed by atoms with Crippen molar-refractivity contribution < 1.29 is 18.0 Å². The Bertz CT molecular complexity index is 283. The number of hydrogen-bond donors (Lipinski definition) is 1. The fourth-order valence-corrected chi connectivity index (χ4v) is 2.75. The fourth-order valence-electron chi connectivity index (χ4n) is 2.42. The molecule has 1 amide bonds. The molecule has 0 aromatic carbocycles. The van der Waals surface area contributed by atoms with Gasteiger partial charge in [-0.1, -0.05) is 12.8 Å². The van der Waals surface area contributed by atoms with Gasteiger partial charge in [0.25, 0.3) is 0 Å². The van der Waals surface area contributed by atoms with Crippen molar-refractivity contribution >= 4 is 17.5 Å². The number of nitrogens with one attached hydrogen (secondary N) is 1. The van der Waals surface area contributed by atoms with Gasteiger partial charge in [0.15, 0.2) is 0 Å². The topological polar surface area (TPSA) is 29.1 Å². The van der Waals surface area contributed by atoms with Crippen LogP contribution in [0.4, 0.5) is 13.2 Å². The summed E-state index contributed by atoms with van der Waals surface area (Å²) in [6.07, 6.45) is -2.09. The molecule has 0 heterocycles. The largest absolute Gasteiger partial charge is 0.392 e. The second kappa shape index (κ2) is 6.64. The summed E-state index contributed by atoms with van der Waals surface area (Å²) in [5.41, 5.74) is 0. The number of alkyl halides is 4. The predicted octanol–water partition coefficient (Wildman–Crippen LogP) is 3.49. The molecule has 18 heavy (non-hydrogen) atoms. The highest BCUT2D eigenvalue weighted by atomic mass is 35.5. The summed E-state index contributed by atoms with van der Waals surface area (Å²) in [5, 5.41) is 2.63. The van der Waals surface area contributed by atoms with Gasteiger partial charge in [-0.05, 0) is 26.2 Å². The number of carbonyl (C=O) groups is 1. The van der Waals surface area contributed by atoms with E-state index in [0.29, 0.717) is 31.6 Å². The minimum atomic E-state index is -4.28. The second-order valence-electron chi connectivity index (χ2n) is 4.93. The predicted molar refractivity (Wildman–Crippen MR) is 64.4 cm³/mol. The first kappa shape index (κ1) is 15.6. The molecule has 1 rings (SSSR count). The second-order valence-corrected chi connectivity index (χ2v) is 5.30. The summed E-state index contributed by atoms with van der Waals surface area (Å²) in [7, 11) is 0. The standard InChI is InChI=1S/C12H19ClF3NO/c1-8(6-7-13)17-11(18)9-4-2-3-5-10(9)12(14,15)16/h8-10H,2-7H2,1H3,(H,17,18). The molecule has 1 N–H and O–H groups in total. The van der Waals surface area contributed by atoms with Crippen LogP contribution in [0.25, 0.3) is 0 Å². The zero-order valence-electron chi connectivity index (χ0n) is 10.4. The number of amides is 1. The van der Waals surface area contributed by atoms with Crippen LogP contribution in [0.3, 0.4) is 0 Å². The summed E-state index contributed by atoms with van der Waals surface area (Å²) in [5.74, 6) is -2.52. The van der Waals surface area contributed by atoms with E-state index >= 15 is 0 Å². The first-order valence-corrected chi connectivity index (χ1v) is 6.82. The number of hydrogen-bond acceptors (Lipinski definition) is 1. The average Bonchev–Trinajstić information content (AvgIpc) is 2.28. The molecule has 0 spiro atoms. The molecule has 0 saturated heterocycles. The van der Waals surface area contributed by atoms with E-state index in [2.05, 4.69) is 5.32 Å². The molecule has 0 bridgehead atoms. The van der Waals surface area contributed by atoms with Crippen LogP contribution >= 0.6 is 11.6 Å². The van der Waals surface area contributed by atoms with Crippen molar-refractivity contribution in [1.29, 1.82) is 0 Å². The molecule has 106 valence electrons. The van der Waals surface area contributed by atoms with Crippen LogP contribution < -0.4 is 5.32 Å². The molecule has 0 aliphatic heterocycles. The van der Waals surface area contributed by atoms with Gasteiger partial charge in [-0.15, -0.1) is 11.6 Å². The van der Waals surface area contributed by atoms with Crippen LogP contribution in [0.2, 0.25) is 0 Å². The van der Waals surface area contributed by atoms with Gasteiger partial charge in [-0.3, -0.25) is 4.79 Å². The van der Waals surface area contributed by atoms with Crippen molar-refractivity contribution in [3.8, 4) is 0 Å². The molecule has 1 fully saturated rings. The molecule has 6 heteroatoms. The minimum Gasteiger partial charge on any atom is -0.353 e. The molecular weight excluding hydrogens is 267 g/mol. The fraction of sp³-hybridized carbons (Fsp3) is 0.917. The van der Waals surface area contributed by atoms with Gasteiger partial charge in [0.05, 0.1) is 5.92 Å².